The monoisotopic (exact) mass is 694 g/mol. The molecule has 2 aliphatic rings. The molecule has 42 heavy (non-hydrogen) atoms. The maximum absolute atomic E-state index is 14.8. The number of ether oxygens (including phenoxy) is 2. The number of nitrogens with zero attached hydrogens (tertiary/aromatic N) is 1. The predicted octanol–water partition coefficient (Wildman–Crippen LogP) is 3.78. The van der Waals surface area contributed by atoms with Gasteiger partial charge in [0.1, 0.15) is 24.3 Å². The van der Waals surface area contributed by atoms with Crippen molar-refractivity contribution in [2.24, 2.45) is 5.92 Å². The van der Waals surface area contributed by atoms with Crippen molar-refractivity contribution >= 4 is 40.7 Å². The molecule has 3 atom stereocenters. The van der Waals surface area contributed by atoms with E-state index < -0.39 is 30.0 Å². The number of hydrogen-bond donors (Lipinski definition) is 3. The lowest BCUT2D eigenvalue weighted by atomic mass is 9.87. The second-order valence-electron chi connectivity index (χ2n) is 10.6. The first kappa shape index (κ1) is 31.9. The number of benzene rings is 2. The number of methoxy groups -OCH3 is 1. The Morgan fingerprint density at radius 1 is 1.21 bits per heavy atom. The predicted molar refractivity (Wildman–Crippen MR) is 162 cm³/mol. The van der Waals surface area contributed by atoms with Gasteiger partial charge in [-0.3, -0.25) is 14.4 Å². The van der Waals surface area contributed by atoms with Crippen molar-refractivity contribution in [1.82, 2.24) is 10.2 Å². The third-order valence-corrected chi connectivity index (χ3v) is 8.61. The standard InChI is InChI=1S/C31H36FIN2O7/c1-41-27-13-20(18-37)12-24(33)30(27)42-26-16-22(31(40)34-10-11-36)15-25(29(26)39)35(17-21-8-4-5-9-23(21)32)28(38)14-19-6-2-3-7-19/h4-5,8-9,12-13,16,18-19,25-26,29,36,39H,2-3,6-7,10-11,14-15,17H2,1H3,(H,34,40)/t25-,26+,29+/m1/s1. The molecule has 3 N–H and O–H groups in total. The number of carbonyl (C=O) groups excluding carboxylic acids is 3. The molecule has 1 saturated carbocycles. The van der Waals surface area contributed by atoms with Crippen LogP contribution in [-0.2, 0) is 16.1 Å². The molecule has 226 valence electrons. The molecule has 0 aliphatic heterocycles. The van der Waals surface area contributed by atoms with Crippen LogP contribution in [0.3, 0.4) is 0 Å². The lowest BCUT2D eigenvalue weighted by Gasteiger charge is -2.41. The van der Waals surface area contributed by atoms with Crippen LogP contribution >= 0.6 is 22.6 Å². The molecule has 2 aliphatic carbocycles. The Balaban J connectivity index is 1.72. The maximum atomic E-state index is 14.8. The van der Waals surface area contributed by atoms with Gasteiger partial charge in [-0.15, -0.1) is 0 Å². The summed E-state index contributed by atoms with van der Waals surface area (Å²) < 4.78 is 27.1. The number of aldehydes is 1. The van der Waals surface area contributed by atoms with Crippen LogP contribution in [0.2, 0.25) is 0 Å². The van der Waals surface area contributed by atoms with Gasteiger partial charge in [0.05, 0.1) is 23.3 Å². The summed E-state index contributed by atoms with van der Waals surface area (Å²) in [6.07, 6.45) is 4.03. The Morgan fingerprint density at radius 3 is 2.62 bits per heavy atom. The van der Waals surface area contributed by atoms with E-state index in [1.807, 2.05) is 22.6 Å². The van der Waals surface area contributed by atoms with Gasteiger partial charge in [-0.1, -0.05) is 31.0 Å². The normalized spacial score (nSPS) is 20.5. The second kappa shape index (κ2) is 14.9. The highest BCUT2D eigenvalue weighted by molar-refractivity contribution is 14.1. The first-order chi connectivity index (χ1) is 20.2. The van der Waals surface area contributed by atoms with E-state index in [4.69, 9.17) is 9.47 Å². The zero-order valence-electron chi connectivity index (χ0n) is 23.4. The lowest BCUT2D eigenvalue weighted by Crippen LogP contribution is -2.55. The summed E-state index contributed by atoms with van der Waals surface area (Å²) in [5.74, 6) is -0.441. The van der Waals surface area contributed by atoms with Crippen LogP contribution in [0.15, 0.2) is 48.0 Å². The van der Waals surface area contributed by atoms with Gasteiger partial charge >= 0.3 is 0 Å². The SMILES string of the molecule is COc1cc(C=O)cc(I)c1O[C@H]1C=C(C(=O)NCCO)C[C@@H](N(Cc2ccccc2F)C(=O)CC2CCCC2)[C@@H]1O. The molecule has 0 bridgehead atoms. The molecule has 2 amide bonds. The summed E-state index contributed by atoms with van der Waals surface area (Å²) in [7, 11) is 1.42. The van der Waals surface area contributed by atoms with E-state index in [1.165, 1.54) is 30.2 Å². The maximum Gasteiger partial charge on any atom is 0.247 e. The molecule has 9 nitrogen and oxygen atoms in total. The fourth-order valence-electron chi connectivity index (χ4n) is 5.62. The van der Waals surface area contributed by atoms with Crippen LogP contribution < -0.4 is 14.8 Å². The topological polar surface area (TPSA) is 125 Å². The summed E-state index contributed by atoms with van der Waals surface area (Å²) >= 11 is 1.99. The average Bonchev–Trinajstić information content (AvgIpc) is 3.50. The van der Waals surface area contributed by atoms with Gasteiger partial charge < -0.3 is 29.9 Å². The largest absolute Gasteiger partial charge is 0.493 e. The van der Waals surface area contributed by atoms with Crippen LogP contribution in [0.1, 0.15) is 54.4 Å². The minimum Gasteiger partial charge on any atom is -0.493 e. The van der Waals surface area contributed by atoms with Crippen LogP contribution in [0.25, 0.3) is 0 Å². The molecule has 11 heteroatoms. The highest BCUT2D eigenvalue weighted by Crippen LogP contribution is 2.37. The summed E-state index contributed by atoms with van der Waals surface area (Å²) in [6.45, 7) is -0.330. The van der Waals surface area contributed by atoms with Gasteiger partial charge in [-0.2, -0.15) is 0 Å². The van der Waals surface area contributed by atoms with Gasteiger partial charge in [0.15, 0.2) is 11.5 Å². The first-order valence-electron chi connectivity index (χ1n) is 14.1. The number of aliphatic hydroxyl groups is 2. The van der Waals surface area contributed by atoms with E-state index in [9.17, 15) is 29.0 Å². The first-order valence-corrected chi connectivity index (χ1v) is 15.1. The Kier molecular flexibility index (Phi) is 11.3. The molecular formula is C31H36FIN2O7. The number of hydrogen-bond acceptors (Lipinski definition) is 7. The number of carbonyl (C=O) groups is 3. The lowest BCUT2D eigenvalue weighted by molar-refractivity contribution is -0.140. The fraction of sp³-hybridized carbons (Fsp3) is 0.452. The van der Waals surface area contributed by atoms with Crippen molar-refractivity contribution < 1.29 is 38.5 Å². The van der Waals surface area contributed by atoms with Crippen LogP contribution in [0.4, 0.5) is 4.39 Å². The summed E-state index contributed by atoms with van der Waals surface area (Å²) in [5.41, 5.74) is 0.928. The highest BCUT2D eigenvalue weighted by atomic mass is 127. The minimum atomic E-state index is -1.29. The minimum absolute atomic E-state index is 0.00144. The fourth-order valence-corrected chi connectivity index (χ4v) is 6.37. The number of amides is 2. The molecule has 0 unspecified atom stereocenters. The van der Waals surface area contributed by atoms with Crippen LogP contribution in [0.5, 0.6) is 11.5 Å². The molecule has 0 saturated heterocycles. The zero-order valence-corrected chi connectivity index (χ0v) is 25.6. The van der Waals surface area contributed by atoms with Crippen molar-refractivity contribution in [3.8, 4) is 11.5 Å². The van der Waals surface area contributed by atoms with Gasteiger partial charge in [0.2, 0.25) is 11.8 Å². The molecule has 0 spiro atoms. The molecule has 4 rings (SSSR count). The number of halogens is 2. The van der Waals surface area contributed by atoms with Crippen molar-refractivity contribution in [2.45, 2.75) is 63.3 Å². The average molecular weight is 695 g/mol. The van der Waals surface area contributed by atoms with Gasteiger partial charge in [-0.25, -0.2) is 4.39 Å². The van der Waals surface area contributed by atoms with Crippen molar-refractivity contribution in [3.05, 3.63) is 68.6 Å². The quantitative estimate of drug-likeness (QED) is 0.228. The van der Waals surface area contributed by atoms with E-state index in [1.54, 1.807) is 24.3 Å². The van der Waals surface area contributed by atoms with E-state index in [0.29, 0.717) is 21.0 Å². The smallest absolute Gasteiger partial charge is 0.247 e. The van der Waals surface area contributed by atoms with Gasteiger partial charge in [0, 0.05) is 42.6 Å². The molecule has 0 aromatic heterocycles. The van der Waals surface area contributed by atoms with Crippen LogP contribution in [-0.4, -0.2) is 71.7 Å². The third kappa shape index (κ3) is 7.67. The van der Waals surface area contributed by atoms with E-state index in [2.05, 4.69) is 5.32 Å². The Labute approximate surface area is 258 Å². The van der Waals surface area contributed by atoms with Crippen molar-refractivity contribution in [3.63, 3.8) is 0 Å². The third-order valence-electron chi connectivity index (χ3n) is 7.81. The molecule has 0 heterocycles. The van der Waals surface area contributed by atoms with Crippen molar-refractivity contribution in [1.29, 1.82) is 0 Å². The number of nitrogens with one attached hydrogen (secondary N) is 1. The summed E-state index contributed by atoms with van der Waals surface area (Å²) in [6, 6.07) is 8.37. The van der Waals surface area contributed by atoms with E-state index >= 15 is 0 Å². The number of aliphatic hydroxyl groups excluding tert-OH is 2. The molecule has 2 aromatic carbocycles. The highest BCUT2D eigenvalue weighted by Gasteiger charge is 2.41. The molecule has 1 fully saturated rings. The molecule has 2 aromatic rings. The van der Waals surface area contributed by atoms with Gasteiger partial charge in [0.25, 0.3) is 0 Å². The Morgan fingerprint density at radius 2 is 1.95 bits per heavy atom. The molecule has 0 radical (unpaired) electrons. The van der Waals surface area contributed by atoms with E-state index in [0.717, 1.165) is 25.7 Å². The Hall–Kier alpha value is -3.03. The van der Waals surface area contributed by atoms with Gasteiger partial charge in [-0.05, 0) is 65.6 Å². The summed E-state index contributed by atoms with van der Waals surface area (Å²) in [4.78, 5) is 39.8. The molecular weight excluding hydrogens is 658 g/mol. The van der Waals surface area contributed by atoms with E-state index in [-0.39, 0.29) is 61.4 Å². The zero-order chi connectivity index (χ0) is 30.2. The summed E-state index contributed by atoms with van der Waals surface area (Å²) in [5, 5.41) is 23.6. The second-order valence-corrected chi connectivity index (χ2v) is 11.8. The Bertz CT molecular complexity index is 1310. The van der Waals surface area contributed by atoms with Crippen molar-refractivity contribution in [2.75, 3.05) is 20.3 Å². The number of rotatable bonds is 12. The van der Waals surface area contributed by atoms with Crippen LogP contribution in [0, 0.1) is 15.3 Å².